The minimum Gasteiger partial charge on any atom is -0.490 e. The third kappa shape index (κ3) is 7.83. The highest BCUT2D eigenvalue weighted by atomic mass is 19.2. The Morgan fingerprint density at radius 3 is 2.55 bits per heavy atom. The number of benzene rings is 1. The van der Waals surface area contributed by atoms with Gasteiger partial charge in [0, 0.05) is 5.56 Å². The molecule has 0 aromatic heterocycles. The lowest BCUT2D eigenvalue weighted by Gasteiger charge is -2.22. The van der Waals surface area contributed by atoms with Gasteiger partial charge in [-0.25, -0.2) is 4.39 Å². The Morgan fingerprint density at radius 1 is 0.970 bits per heavy atom. The Labute approximate surface area is 200 Å². The number of hydrogen-bond acceptors (Lipinski definition) is 1. The smallest absolute Gasteiger partial charge is 0.201 e. The lowest BCUT2D eigenvalue weighted by atomic mass is 9.84. The standard InChI is InChI=1S/C30H42F2O/c1-3-5-8-22-33-28-21-20-27(29(31)30(28)32)26-18-16-25(17-19-26)11-7-6-10-24-14-12-23(9-4-2)13-15-24/h7,11-12,18,20-21,24-25H,3-6,8-10,13-17,19,22H2,1-2H3. The summed E-state index contributed by atoms with van der Waals surface area (Å²) in [6, 6.07) is 3.26. The average molecular weight is 457 g/mol. The molecule has 3 heteroatoms. The monoisotopic (exact) mass is 456 g/mol. The first-order valence-electron chi connectivity index (χ1n) is 13.3. The van der Waals surface area contributed by atoms with Crippen LogP contribution in [-0.4, -0.2) is 6.61 Å². The second-order valence-corrected chi connectivity index (χ2v) is 9.82. The molecule has 0 amide bonds. The first kappa shape index (κ1) is 25.7. The molecule has 3 rings (SSSR count). The Bertz CT molecular complexity index is 836. The van der Waals surface area contributed by atoms with Gasteiger partial charge >= 0.3 is 0 Å². The van der Waals surface area contributed by atoms with Crippen molar-refractivity contribution < 1.29 is 13.5 Å². The van der Waals surface area contributed by atoms with Crippen molar-refractivity contribution in [2.75, 3.05) is 6.61 Å². The summed E-state index contributed by atoms with van der Waals surface area (Å²) in [7, 11) is 0. The number of allylic oxidation sites excluding steroid dienone is 6. The summed E-state index contributed by atoms with van der Waals surface area (Å²) >= 11 is 0. The van der Waals surface area contributed by atoms with E-state index < -0.39 is 11.6 Å². The van der Waals surface area contributed by atoms with Crippen molar-refractivity contribution in [2.24, 2.45) is 11.8 Å². The maximum atomic E-state index is 14.7. The minimum absolute atomic E-state index is 0.0274. The molecule has 1 nitrogen and oxygen atoms in total. The number of hydrogen-bond donors (Lipinski definition) is 0. The van der Waals surface area contributed by atoms with Gasteiger partial charge in [-0.15, -0.1) is 0 Å². The van der Waals surface area contributed by atoms with E-state index in [-0.39, 0.29) is 5.75 Å². The molecule has 2 atom stereocenters. The molecule has 2 aliphatic carbocycles. The van der Waals surface area contributed by atoms with Crippen molar-refractivity contribution in [3.8, 4) is 5.75 Å². The van der Waals surface area contributed by atoms with Crippen molar-refractivity contribution in [1.29, 1.82) is 0 Å². The van der Waals surface area contributed by atoms with E-state index in [1.807, 2.05) is 0 Å². The number of unbranched alkanes of at least 4 members (excludes halogenated alkanes) is 2. The Morgan fingerprint density at radius 2 is 1.85 bits per heavy atom. The minimum atomic E-state index is -0.855. The summed E-state index contributed by atoms with van der Waals surface area (Å²) in [5.41, 5.74) is 2.98. The molecule has 1 aromatic rings. The van der Waals surface area contributed by atoms with Gasteiger partial charge in [-0.3, -0.25) is 0 Å². The van der Waals surface area contributed by atoms with Crippen molar-refractivity contribution >= 4 is 5.57 Å². The van der Waals surface area contributed by atoms with Gasteiger partial charge in [0.1, 0.15) is 0 Å². The molecule has 0 N–H and O–H groups in total. The Kier molecular flexibility index (Phi) is 10.7. The average Bonchev–Trinajstić information content (AvgIpc) is 2.84. The molecule has 1 aromatic carbocycles. The summed E-state index contributed by atoms with van der Waals surface area (Å²) < 4.78 is 34.6. The van der Waals surface area contributed by atoms with Crippen molar-refractivity contribution in [1.82, 2.24) is 0 Å². The van der Waals surface area contributed by atoms with Crippen LogP contribution >= 0.6 is 0 Å². The Balaban J connectivity index is 1.45. The molecular weight excluding hydrogens is 414 g/mol. The van der Waals surface area contributed by atoms with Crippen LogP contribution in [0, 0.1) is 23.5 Å². The zero-order valence-corrected chi connectivity index (χ0v) is 20.7. The second kappa shape index (κ2) is 13.7. The van der Waals surface area contributed by atoms with E-state index in [1.165, 1.54) is 38.5 Å². The number of ether oxygens (including phenoxy) is 1. The van der Waals surface area contributed by atoms with E-state index in [4.69, 9.17) is 4.74 Å². The molecule has 0 fully saturated rings. The van der Waals surface area contributed by atoms with Crippen molar-refractivity contribution in [3.63, 3.8) is 0 Å². The molecule has 33 heavy (non-hydrogen) atoms. The lowest BCUT2D eigenvalue weighted by molar-refractivity contribution is 0.286. The molecular formula is C30H42F2O. The first-order chi connectivity index (χ1) is 16.1. The highest BCUT2D eigenvalue weighted by Crippen LogP contribution is 2.35. The van der Waals surface area contributed by atoms with Crippen LogP contribution in [0.25, 0.3) is 5.57 Å². The highest BCUT2D eigenvalue weighted by molar-refractivity contribution is 5.67. The largest absolute Gasteiger partial charge is 0.490 e. The second-order valence-electron chi connectivity index (χ2n) is 9.82. The summed E-state index contributed by atoms with van der Waals surface area (Å²) in [5.74, 6) is -0.257. The maximum Gasteiger partial charge on any atom is 0.201 e. The van der Waals surface area contributed by atoms with Gasteiger partial charge in [0.25, 0.3) is 0 Å². The fourth-order valence-corrected chi connectivity index (χ4v) is 5.07. The molecule has 0 saturated heterocycles. The fourth-order valence-electron chi connectivity index (χ4n) is 5.07. The van der Waals surface area contributed by atoms with Crippen LogP contribution in [0.1, 0.15) is 103 Å². The number of rotatable bonds is 12. The van der Waals surface area contributed by atoms with Gasteiger partial charge in [-0.05, 0) is 93.7 Å². The zero-order chi connectivity index (χ0) is 23.5. The van der Waals surface area contributed by atoms with Gasteiger partial charge in [-0.2, -0.15) is 4.39 Å². The van der Waals surface area contributed by atoms with Crippen LogP contribution < -0.4 is 4.74 Å². The van der Waals surface area contributed by atoms with E-state index >= 15 is 0 Å². The molecule has 2 unspecified atom stereocenters. The van der Waals surface area contributed by atoms with Crippen LogP contribution in [0.4, 0.5) is 8.78 Å². The molecule has 2 aliphatic rings. The SMILES string of the molecule is CCCCCOc1ccc(C2=CCC(C=CCCC3CC=C(CCC)CC3)CC2)c(F)c1F. The van der Waals surface area contributed by atoms with Crippen molar-refractivity contribution in [2.45, 2.75) is 97.3 Å². The van der Waals surface area contributed by atoms with Crippen LogP contribution in [0.5, 0.6) is 5.75 Å². The van der Waals surface area contributed by atoms with E-state index in [0.717, 1.165) is 56.4 Å². The Hall–Kier alpha value is -1.90. The fraction of sp³-hybridized carbons (Fsp3) is 0.600. The van der Waals surface area contributed by atoms with Gasteiger partial charge < -0.3 is 4.74 Å². The maximum absolute atomic E-state index is 14.7. The first-order valence-corrected chi connectivity index (χ1v) is 13.3. The van der Waals surface area contributed by atoms with E-state index in [1.54, 1.807) is 17.7 Å². The van der Waals surface area contributed by atoms with Crippen LogP contribution in [0.3, 0.4) is 0 Å². The molecule has 0 radical (unpaired) electrons. The zero-order valence-electron chi connectivity index (χ0n) is 20.7. The third-order valence-electron chi connectivity index (χ3n) is 7.18. The van der Waals surface area contributed by atoms with E-state index in [0.29, 0.717) is 18.1 Å². The summed E-state index contributed by atoms with van der Waals surface area (Å²) in [6.45, 7) is 4.79. The van der Waals surface area contributed by atoms with Crippen LogP contribution in [0.2, 0.25) is 0 Å². The summed E-state index contributed by atoms with van der Waals surface area (Å²) in [6.07, 6.45) is 23.8. The lowest BCUT2D eigenvalue weighted by Crippen LogP contribution is -2.07. The molecule has 182 valence electrons. The van der Waals surface area contributed by atoms with Crippen LogP contribution in [0.15, 0.2) is 42.0 Å². The quantitative estimate of drug-likeness (QED) is 0.225. The van der Waals surface area contributed by atoms with E-state index in [9.17, 15) is 8.78 Å². The topological polar surface area (TPSA) is 9.23 Å². The van der Waals surface area contributed by atoms with Gasteiger partial charge in [0.05, 0.1) is 6.61 Å². The van der Waals surface area contributed by atoms with Crippen molar-refractivity contribution in [3.05, 3.63) is 59.2 Å². The predicted octanol–water partition coefficient (Wildman–Crippen LogP) is 9.58. The summed E-state index contributed by atoms with van der Waals surface area (Å²) in [4.78, 5) is 0. The number of halogens is 2. The van der Waals surface area contributed by atoms with E-state index in [2.05, 4.69) is 38.2 Å². The normalized spacial score (nSPS) is 21.2. The molecule has 0 bridgehead atoms. The van der Waals surface area contributed by atoms with Gasteiger partial charge in [0.2, 0.25) is 5.82 Å². The predicted molar refractivity (Wildman–Crippen MR) is 135 cm³/mol. The molecule has 0 heterocycles. The molecule has 0 saturated carbocycles. The van der Waals surface area contributed by atoms with Crippen LogP contribution in [-0.2, 0) is 0 Å². The third-order valence-corrected chi connectivity index (χ3v) is 7.18. The highest BCUT2D eigenvalue weighted by Gasteiger charge is 2.20. The van der Waals surface area contributed by atoms with Gasteiger partial charge in [-0.1, -0.05) is 63.0 Å². The molecule has 0 spiro atoms. The summed E-state index contributed by atoms with van der Waals surface area (Å²) in [5, 5.41) is 0. The van der Waals surface area contributed by atoms with Gasteiger partial charge in [0.15, 0.2) is 11.6 Å². The molecule has 0 aliphatic heterocycles.